The van der Waals surface area contributed by atoms with Gasteiger partial charge in [0.1, 0.15) is 11.5 Å². The number of hydrogen-bond acceptors (Lipinski definition) is 3. The molecule has 2 bridgehead atoms. The molecule has 1 heterocycles. The molecule has 3 heteroatoms. The standard InChI is InChI=1S/C27H31NO2/c29-22-9-8-21-14-25-27(16-19-4-2-1-3-5-19)11-10-23(30)17-26(27,24(21)15-22)12-13-28(25)18-20-6-7-20/h1-5,8-9,15,20,25,29H,6-7,10-14,16-18H2/t25-,26?,27?/m0/s1. The number of carbonyl (C=O) groups excluding carboxylic acids is 1. The summed E-state index contributed by atoms with van der Waals surface area (Å²) in [5.41, 5.74) is 3.94. The topological polar surface area (TPSA) is 40.5 Å². The van der Waals surface area contributed by atoms with Crippen LogP contribution in [0.4, 0.5) is 0 Å². The van der Waals surface area contributed by atoms with E-state index in [-0.39, 0.29) is 10.8 Å². The molecule has 4 aliphatic rings. The summed E-state index contributed by atoms with van der Waals surface area (Å²) in [6, 6.07) is 17.4. The monoisotopic (exact) mass is 401 g/mol. The number of ketones is 1. The van der Waals surface area contributed by atoms with E-state index in [1.807, 2.05) is 12.1 Å². The molecule has 30 heavy (non-hydrogen) atoms. The van der Waals surface area contributed by atoms with Gasteiger partial charge in [0.15, 0.2) is 0 Å². The highest BCUT2D eigenvalue weighted by molar-refractivity contribution is 5.82. The van der Waals surface area contributed by atoms with Crippen LogP contribution in [0.5, 0.6) is 5.75 Å². The van der Waals surface area contributed by atoms with E-state index in [2.05, 4.69) is 41.3 Å². The summed E-state index contributed by atoms with van der Waals surface area (Å²) in [5.74, 6) is 1.62. The zero-order valence-corrected chi connectivity index (χ0v) is 17.6. The zero-order valence-electron chi connectivity index (χ0n) is 17.6. The Kier molecular flexibility index (Phi) is 4.15. The first-order valence-electron chi connectivity index (χ1n) is 11.7. The number of fused-ring (bicyclic) bond motifs is 1. The van der Waals surface area contributed by atoms with Gasteiger partial charge in [0.05, 0.1) is 0 Å². The lowest BCUT2D eigenvalue weighted by Crippen LogP contribution is -2.69. The Bertz CT molecular complexity index is 982. The Morgan fingerprint density at radius 2 is 1.90 bits per heavy atom. The van der Waals surface area contributed by atoms with Crippen LogP contribution < -0.4 is 0 Å². The van der Waals surface area contributed by atoms with Crippen LogP contribution >= 0.6 is 0 Å². The minimum absolute atomic E-state index is 0.0657. The van der Waals surface area contributed by atoms with Crippen LogP contribution in [0, 0.1) is 11.3 Å². The van der Waals surface area contributed by atoms with E-state index in [0.29, 0.717) is 30.4 Å². The number of benzene rings is 2. The van der Waals surface area contributed by atoms with Crippen LogP contribution in [-0.2, 0) is 23.1 Å². The van der Waals surface area contributed by atoms with Gasteiger partial charge in [-0.2, -0.15) is 0 Å². The minimum atomic E-state index is -0.144. The lowest BCUT2D eigenvalue weighted by molar-refractivity contribution is -0.139. The first kappa shape index (κ1) is 18.6. The fraction of sp³-hybridized carbons (Fsp3) is 0.519. The number of hydrogen-bond donors (Lipinski definition) is 1. The van der Waals surface area contributed by atoms with Gasteiger partial charge in [-0.05, 0) is 79.8 Å². The highest BCUT2D eigenvalue weighted by atomic mass is 16.3. The van der Waals surface area contributed by atoms with Crippen molar-refractivity contribution in [3.8, 4) is 5.75 Å². The largest absolute Gasteiger partial charge is 0.508 e. The normalized spacial score (nSPS) is 33.1. The number of nitrogens with zero attached hydrogens (tertiary/aromatic N) is 1. The molecule has 2 aromatic carbocycles. The Balaban J connectivity index is 1.54. The lowest BCUT2D eigenvalue weighted by atomic mass is 9.42. The lowest BCUT2D eigenvalue weighted by Gasteiger charge is -2.66. The highest BCUT2D eigenvalue weighted by Crippen LogP contribution is 2.64. The number of piperidine rings is 1. The summed E-state index contributed by atoms with van der Waals surface area (Å²) in [5, 5.41) is 10.4. The third-order valence-electron chi connectivity index (χ3n) is 8.78. The second kappa shape index (κ2) is 6.68. The Morgan fingerprint density at radius 1 is 1.07 bits per heavy atom. The summed E-state index contributed by atoms with van der Waals surface area (Å²) in [4.78, 5) is 15.7. The van der Waals surface area contributed by atoms with E-state index in [1.54, 1.807) is 0 Å². The average Bonchev–Trinajstić information content (AvgIpc) is 3.56. The Morgan fingerprint density at radius 3 is 2.70 bits per heavy atom. The van der Waals surface area contributed by atoms with Gasteiger partial charge >= 0.3 is 0 Å². The molecule has 0 amide bonds. The minimum Gasteiger partial charge on any atom is -0.508 e. The average molecular weight is 402 g/mol. The highest BCUT2D eigenvalue weighted by Gasteiger charge is 2.64. The molecule has 0 radical (unpaired) electrons. The predicted octanol–water partition coefficient (Wildman–Crippen LogP) is 4.65. The number of rotatable bonds is 4. The van der Waals surface area contributed by atoms with Crippen molar-refractivity contribution in [2.75, 3.05) is 13.1 Å². The van der Waals surface area contributed by atoms with Crippen molar-refractivity contribution in [2.24, 2.45) is 11.3 Å². The molecule has 0 spiro atoms. The van der Waals surface area contributed by atoms with Crippen molar-refractivity contribution < 1.29 is 9.90 Å². The van der Waals surface area contributed by atoms with Gasteiger partial charge in [0.2, 0.25) is 0 Å². The Labute approximate surface area is 179 Å². The molecule has 2 unspecified atom stereocenters. The van der Waals surface area contributed by atoms with E-state index >= 15 is 0 Å². The SMILES string of the molecule is O=C1CCC2(Cc3ccccc3)[C@@H]3Cc4ccc(O)cc4C2(CCN3CC2CC2)C1. The predicted molar refractivity (Wildman–Crippen MR) is 118 cm³/mol. The second-order valence-corrected chi connectivity index (χ2v) is 10.4. The van der Waals surface area contributed by atoms with Gasteiger partial charge < -0.3 is 5.11 Å². The van der Waals surface area contributed by atoms with Crippen LogP contribution in [0.1, 0.15) is 55.2 Å². The smallest absolute Gasteiger partial charge is 0.133 e. The second-order valence-electron chi connectivity index (χ2n) is 10.4. The molecule has 2 aromatic rings. The molecule has 1 N–H and O–H groups in total. The molecule has 1 saturated heterocycles. The van der Waals surface area contributed by atoms with Crippen molar-refractivity contribution in [3.05, 3.63) is 65.2 Å². The van der Waals surface area contributed by atoms with E-state index in [9.17, 15) is 9.90 Å². The van der Waals surface area contributed by atoms with E-state index < -0.39 is 0 Å². The Hall–Kier alpha value is -2.13. The van der Waals surface area contributed by atoms with E-state index in [4.69, 9.17) is 0 Å². The summed E-state index contributed by atoms with van der Waals surface area (Å²) in [6.45, 7) is 2.30. The fourth-order valence-electron chi connectivity index (χ4n) is 7.27. The first-order chi connectivity index (χ1) is 14.6. The fourth-order valence-corrected chi connectivity index (χ4v) is 7.27. The third-order valence-corrected chi connectivity index (χ3v) is 8.78. The number of aromatic hydroxyl groups is 1. The molecule has 0 aromatic heterocycles. The third kappa shape index (κ3) is 2.71. The molecule has 1 aliphatic heterocycles. The van der Waals surface area contributed by atoms with Gasteiger partial charge in [-0.15, -0.1) is 0 Å². The number of phenolic OH excluding ortho intramolecular Hbond substituents is 1. The van der Waals surface area contributed by atoms with Crippen molar-refractivity contribution in [2.45, 2.75) is 62.8 Å². The van der Waals surface area contributed by atoms with Crippen LogP contribution in [0.15, 0.2) is 48.5 Å². The molecular formula is C27H31NO2. The van der Waals surface area contributed by atoms with E-state index in [0.717, 1.165) is 38.1 Å². The summed E-state index contributed by atoms with van der Waals surface area (Å²) in [7, 11) is 0. The molecule has 3 fully saturated rings. The molecule has 2 saturated carbocycles. The summed E-state index contributed by atoms with van der Waals surface area (Å²) in [6.07, 6.45) is 8.19. The summed E-state index contributed by atoms with van der Waals surface area (Å²) < 4.78 is 0. The molecule has 3 atom stereocenters. The van der Waals surface area contributed by atoms with Crippen LogP contribution in [0.2, 0.25) is 0 Å². The number of carbonyl (C=O) groups is 1. The van der Waals surface area contributed by atoms with Gasteiger partial charge in [0, 0.05) is 36.3 Å². The van der Waals surface area contributed by atoms with Crippen molar-refractivity contribution in [1.29, 1.82) is 0 Å². The van der Waals surface area contributed by atoms with Crippen LogP contribution in [-0.4, -0.2) is 34.9 Å². The molecule has 156 valence electrons. The maximum Gasteiger partial charge on any atom is 0.133 e. The quantitative estimate of drug-likeness (QED) is 0.811. The maximum absolute atomic E-state index is 12.9. The molecule has 3 nitrogen and oxygen atoms in total. The summed E-state index contributed by atoms with van der Waals surface area (Å²) >= 11 is 0. The van der Waals surface area contributed by atoms with Crippen molar-refractivity contribution in [3.63, 3.8) is 0 Å². The van der Waals surface area contributed by atoms with Crippen molar-refractivity contribution >= 4 is 5.78 Å². The molecular weight excluding hydrogens is 370 g/mol. The number of Topliss-reactive ketones (excluding diaryl/α,β-unsaturated/α-hetero) is 1. The molecule has 6 rings (SSSR count). The van der Waals surface area contributed by atoms with Crippen LogP contribution in [0.3, 0.4) is 0 Å². The van der Waals surface area contributed by atoms with Gasteiger partial charge in [-0.1, -0.05) is 36.4 Å². The zero-order chi connectivity index (χ0) is 20.3. The van der Waals surface area contributed by atoms with Gasteiger partial charge in [0.25, 0.3) is 0 Å². The van der Waals surface area contributed by atoms with Gasteiger partial charge in [-0.25, -0.2) is 0 Å². The maximum atomic E-state index is 12.9. The van der Waals surface area contributed by atoms with Gasteiger partial charge in [-0.3, -0.25) is 9.69 Å². The number of likely N-dealkylation sites (tertiary alicyclic amines) is 1. The number of phenols is 1. The molecule has 3 aliphatic carbocycles. The van der Waals surface area contributed by atoms with E-state index in [1.165, 1.54) is 36.1 Å². The van der Waals surface area contributed by atoms with Crippen molar-refractivity contribution in [1.82, 2.24) is 4.90 Å². The first-order valence-corrected chi connectivity index (χ1v) is 11.7. The van der Waals surface area contributed by atoms with Crippen LogP contribution in [0.25, 0.3) is 0 Å².